The number of primary amides is 1. The lowest BCUT2D eigenvalue weighted by molar-refractivity contribution is -0.125. The number of aromatic nitrogens is 2. The first-order valence-electron chi connectivity index (χ1n) is 12.9. The number of halogens is 1. The number of benzene rings is 1. The fraction of sp³-hybridized carbons (Fsp3) is 0.345. The van der Waals surface area contributed by atoms with Crippen molar-refractivity contribution in [1.82, 2.24) is 20.0 Å². The molecule has 0 saturated heterocycles. The molecule has 0 spiro atoms. The van der Waals surface area contributed by atoms with E-state index in [1.807, 2.05) is 29.7 Å². The number of ether oxygens (including phenoxy) is 1. The summed E-state index contributed by atoms with van der Waals surface area (Å²) in [5.41, 5.74) is 8.71. The average molecular weight is 516 g/mol. The van der Waals surface area contributed by atoms with E-state index in [-0.39, 0.29) is 18.3 Å². The topological polar surface area (TPSA) is 111 Å². The van der Waals surface area contributed by atoms with Gasteiger partial charge in [-0.05, 0) is 62.6 Å². The first-order chi connectivity index (χ1) is 18.2. The lowest BCUT2D eigenvalue weighted by atomic mass is 9.76. The van der Waals surface area contributed by atoms with E-state index in [1.54, 1.807) is 31.3 Å². The number of imidazole rings is 1. The van der Waals surface area contributed by atoms with Gasteiger partial charge < -0.3 is 25.5 Å². The summed E-state index contributed by atoms with van der Waals surface area (Å²) in [5.74, 6) is 0.137. The van der Waals surface area contributed by atoms with E-state index in [2.05, 4.69) is 15.6 Å². The molecule has 1 aromatic carbocycles. The minimum atomic E-state index is -0.993. The van der Waals surface area contributed by atoms with Crippen molar-refractivity contribution in [3.63, 3.8) is 0 Å². The number of rotatable bonds is 7. The number of dihydropyridines is 1. The number of pyridine rings is 1. The Labute approximate surface area is 219 Å². The van der Waals surface area contributed by atoms with Crippen molar-refractivity contribution in [3.05, 3.63) is 94.5 Å². The highest BCUT2D eigenvalue weighted by atomic mass is 19.1. The molecule has 0 radical (unpaired) electrons. The van der Waals surface area contributed by atoms with Gasteiger partial charge in [-0.1, -0.05) is 12.1 Å². The molecule has 2 aromatic heterocycles. The smallest absolute Gasteiger partial charge is 0.252 e. The van der Waals surface area contributed by atoms with E-state index >= 15 is 0 Å². The molecule has 3 aromatic rings. The van der Waals surface area contributed by atoms with Gasteiger partial charge in [0.1, 0.15) is 34.8 Å². The van der Waals surface area contributed by atoms with E-state index < -0.39 is 16.9 Å². The van der Waals surface area contributed by atoms with Crippen LogP contribution in [0.2, 0.25) is 0 Å². The first kappa shape index (κ1) is 24.2. The number of hydrogen-bond donors (Lipinski definition) is 3. The molecule has 2 amide bonds. The van der Waals surface area contributed by atoms with Crippen molar-refractivity contribution < 1.29 is 18.7 Å². The largest absolute Gasteiger partial charge is 0.493 e. The first-order valence-corrected chi connectivity index (χ1v) is 12.9. The molecule has 6 rings (SSSR count). The zero-order valence-corrected chi connectivity index (χ0v) is 21.4. The second kappa shape index (κ2) is 8.72. The summed E-state index contributed by atoms with van der Waals surface area (Å²) in [6.45, 7) is 4.20. The minimum absolute atomic E-state index is 0.130. The van der Waals surface area contributed by atoms with Gasteiger partial charge in [0.2, 0.25) is 5.91 Å². The normalized spacial score (nSPS) is 24.4. The van der Waals surface area contributed by atoms with E-state index in [0.717, 1.165) is 22.6 Å². The maximum absolute atomic E-state index is 13.7. The second-order valence-electron chi connectivity index (χ2n) is 10.8. The third-order valence-corrected chi connectivity index (χ3v) is 7.90. The highest BCUT2D eigenvalue weighted by molar-refractivity contribution is 5.94. The molecule has 4 N–H and O–H groups in total. The molecule has 38 heavy (non-hydrogen) atoms. The van der Waals surface area contributed by atoms with Crippen molar-refractivity contribution in [2.75, 3.05) is 13.2 Å². The van der Waals surface area contributed by atoms with Gasteiger partial charge in [0.15, 0.2) is 0 Å². The molecule has 1 fully saturated rings. The van der Waals surface area contributed by atoms with Crippen LogP contribution >= 0.6 is 0 Å². The zero-order valence-electron chi connectivity index (χ0n) is 21.4. The summed E-state index contributed by atoms with van der Waals surface area (Å²) < 4.78 is 21.6. The predicted octanol–water partition coefficient (Wildman–Crippen LogP) is 3.65. The molecular weight excluding hydrogens is 485 g/mol. The molecule has 1 aliphatic carbocycles. The summed E-state index contributed by atoms with van der Waals surface area (Å²) >= 11 is 0. The fourth-order valence-corrected chi connectivity index (χ4v) is 5.31. The van der Waals surface area contributed by atoms with Gasteiger partial charge >= 0.3 is 0 Å². The maximum atomic E-state index is 13.7. The van der Waals surface area contributed by atoms with Crippen LogP contribution in [0.5, 0.6) is 0 Å². The Bertz CT molecular complexity index is 1520. The highest BCUT2D eigenvalue weighted by Crippen LogP contribution is 2.48. The third-order valence-electron chi connectivity index (χ3n) is 7.90. The summed E-state index contributed by atoms with van der Waals surface area (Å²) in [5, 5.41) is 6.50. The maximum Gasteiger partial charge on any atom is 0.252 e. The van der Waals surface area contributed by atoms with Gasteiger partial charge in [-0.15, -0.1) is 0 Å². The lowest BCUT2D eigenvalue weighted by Crippen LogP contribution is -2.45. The number of nitrogens with one attached hydrogen (secondary N) is 2. The Morgan fingerprint density at radius 1 is 1.18 bits per heavy atom. The van der Waals surface area contributed by atoms with Crippen molar-refractivity contribution >= 4 is 17.5 Å². The molecule has 1 unspecified atom stereocenters. The van der Waals surface area contributed by atoms with Crippen LogP contribution in [0.25, 0.3) is 5.65 Å². The molecule has 4 heterocycles. The lowest BCUT2D eigenvalue weighted by Gasteiger charge is -2.38. The standard InChI is InChI=1S/C29H30FN5O3/c1-28(27(31)37)16-38-25-22(28)13-21(34-29(25,2)19-6-8-20(30)9-7-19)11-12-32-26(36)18-5-10-24-33-23(17-3-4-17)15-35(24)14-18/h5-10,13-15,17,34H,3-4,11-12,16H2,1-2H3,(H2,31,37)(H,32,36)/t28-,29?/m0/s1. The van der Waals surface area contributed by atoms with Crippen molar-refractivity contribution in [1.29, 1.82) is 0 Å². The molecule has 3 aliphatic rings. The molecular formula is C29H30FN5O3. The Morgan fingerprint density at radius 3 is 2.66 bits per heavy atom. The van der Waals surface area contributed by atoms with Gasteiger partial charge in [-0.2, -0.15) is 0 Å². The number of carbonyl (C=O) groups excluding carboxylic acids is 2. The van der Waals surface area contributed by atoms with Crippen LogP contribution in [0.4, 0.5) is 4.39 Å². The van der Waals surface area contributed by atoms with Crippen LogP contribution < -0.4 is 16.4 Å². The van der Waals surface area contributed by atoms with Crippen LogP contribution in [-0.4, -0.2) is 34.4 Å². The fourth-order valence-electron chi connectivity index (χ4n) is 5.31. The highest BCUT2D eigenvalue weighted by Gasteiger charge is 2.50. The third kappa shape index (κ3) is 4.02. The number of fused-ring (bicyclic) bond motifs is 1. The van der Waals surface area contributed by atoms with E-state index in [9.17, 15) is 14.0 Å². The Morgan fingerprint density at radius 2 is 1.95 bits per heavy atom. The number of amides is 2. The van der Waals surface area contributed by atoms with Gasteiger partial charge in [-0.3, -0.25) is 9.59 Å². The van der Waals surface area contributed by atoms with Gasteiger partial charge in [0.25, 0.3) is 5.91 Å². The molecule has 1 saturated carbocycles. The zero-order chi connectivity index (χ0) is 26.7. The summed E-state index contributed by atoms with van der Waals surface area (Å²) in [7, 11) is 0. The van der Waals surface area contributed by atoms with E-state index in [0.29, 0.717) is 35.8 Å². The van der Waals surface area contributed by atoms with Crippen molar-refractivity contribution in [2.24, 2.45) is 11.1 Å². The monoisotopic (exact) mass is 515 g/mol. The van der Waals surface area contributed by atoms with Gasteiger partial charge in [0.05, 0.1) is 11.3 Å². The summed E-state index contributed by atoms with van der Waals surface area (Å²) in [6, 6.07) is 9.83. The SMILES string of the molecule is CC1(c2ccc(F)cc2)NC(CCNC(=O)c2ccc3nc(C4CC4)cn3c2)=CC2=C1OC[C@]2(C)C(N)=O. The van der Waals surface area contributed by atoms with Crippen LogP contribution in [0.3, 0.4) is 0 Å². The molecule has 2 atom stereocenters. The second-order valence-corrected chi connectivity index (χ2v) is 10.8. The number of hydrogen-bond acceptors (Lipinski definition) is 5. The molecule has 196 valence electrons. The summed E-state index contributed by atoms with van der Waals surface area (Å²) in [6.07, 6.45) is 8.52. The van der Waals surface area contributed by atoms with Crippen LogP contribution in [0.1, 0.15) is 60.6 Å². The Hall–Kier alpha value is -4.14. The van der Waals surface area contributed by atoms with Gasteiger partial charge in [0, 0.05) is 42.5 Å². The summed E-state index contributed by atoms with van der Waals surface area (Å²) in [4.78, 5) is 30.0. The number of carbonyl (C=O) groups is 2. The number of nitrogens with zero attached hydrogens (tertiary/aromatic N) is 2. The van der Waals surface area contributed by atoms with Crippen LogP contribution in [0.15, 0.2) is 71.9 Å². The predicted molar refractivity (Wildman–Crippen MR) is 139 cm³/mol. The van der Waals surface area contributed by atoms with Crippen molar-refractivity contribution in [3.8, 4) is 0 Å². The molecule has 9 heteroatoms. The Balaban J connectivity index is 1.21. The van der Waals surface area contributed by atoms with Crippen LogP contribution in [-0.2, 0) is 15.1 Å². The van der Waals surface area contributed by atoms with Crippen LogP contribution in [0, 0.1) is 11.2 Å². The van der Waals surface area contributed by atoms with Gasteiger partial charge in [-0.25, -0.2) is 9.37 Å². The molecule has 2 aliphatic heterocycles. The molecule has 8 nitrogen and oxygen atoms in total. The average Bonchev–Trinajstić information content (AvgIpc) is 3.56. The number of allylic oxidation sites excluding steroid dienone is 1. The van der Waals surface area contributed by atoms with E-state index in [4.69, 9.17) is 10.5 Å². The van der Waals surface area contributed by atoms with Crippen molar-refractivity contribution in [2.45, 2.75) is 44.6 Å². The quantitative estimate of drug-likeness (QED) is 0.445. The minimum Gasteiger partial charge on any atom is -0.493 e. The number of nitrogens with two attached hydrogens (primary N) is 1. The van der Waals surface area contributed by atoms with E-state index in [1.165, 1.54) is 25.0 Å². The Kier molecular flexibility index (Phi) is 5.55. The molecule has 0 bridgehead atoms.